The highest BCUT2D eigenvalue weighted by molar-refractivity contribution is 5.49. The molecule has 0 unspecified atom stereocenters. The van der Waals surface area contributed by atoms with E-state index in [2.05, 4.69) is 58.1 Å². The molecule has 0 spiro atoms. The number of anilines is 2. The molecule has 0 bridgehead atoms. The van der Waals surface area contributed by atoms with Gasteiger partial charge in [0.2, 0.25) is 0 Å². The number of piperazine rings is 1. The summed E-state index contributed by atoms with van der Waals surface area (Å²) in [4.78, 5) is 14.3. The third-order valence-corrected chi connectivity index (χ3v) is 4.53. The predicted molar refractivity (Wildman–Crippen MR) is 89.6 cm³/mol. The molecule has 22 heavy (non-hydrogen) atoms. The van der Waals surface area contributed by atoms with E-state index in [9.17, 15) is 0 Å². The Morgan fingerprint density at radius 1 is 0.909 bits per heavy atom. The topological polar surface area (TPSA) is 32.3 Å². The molecule has 4 heteroatoms. The van der Waals surface area contributed by atoms with Gasteiger partial charge in [-0.2, -0.15) is 0 Å². The summed E-state index contributed by atoms with van der Waals surface area (Å²) in [5, 5.41) is 0. The summed E-state index contributed by atoms with van der Waals surface area (Å²) in [6.45, 7) is 6.22. The van der Waals surface area contributed by atoms with Crippen LogP contribution in [0.2, 0.25) is 0 Å². The van der Waals surface area contributed by atoms with E-state index < -0.39 is 0 Å². The zero-order valence-corrected chi connectivity index (χ0v) is 13.1. The van der Waals surface area contributed by atoms with Gasteiger partial charge < -0.3 is 9.80 Å². The van der Waals surface area contributed by atoms with Crippen molar-refractivity contribution in [3.8, 4) is 0 Å². The van der Waals surface area contributed by atoms with Gasteiger partial charge in [-0.25, -0.2) is 9.97 Å². The first-order valence-corrected chi connectivity index (χ1v) is 8.20. The van der Waals surface area contributed by atoms with Crippen LogP contribution in [0.25, 0.3) is 0 Å². The Balaban J connectivity index is 1.47. The minimum absolute atomic E-state index is 0.615. The van der Waals surface area contributed by atoms with E-state index in [1.807, 2.05) is 0 Å². The zero-order chi connectivity index (χ0) is 14.9. The number of nitrogens with zero attached hydrogens (tertiary/aromatic N) is 4. The second kappa shape index (κ2) is 5.59. The summed E-state index contributed by atoms with van der Waals surface area (Å²) in [6.07, 6.45) is 2.51. The summed E-state index contributed by atoms with van der Waals surface area (Å²) in [5.74, 6) is 2.78. The highest BCUT2D eigenvalue weighted by Crippen LogP contribution is 2.38. The molecule has 1 saturated carbocycles. The fourth-order valence-electron chi connectivity index (χ4n) is 3.09. The van der Waals surface area contributed by atoms with Gasteiger partial charge in [-0.3, -0.25) is 0 Å². The number of hydrogen-bond donors (Lipinski definition) is 0. The molecule has 2 aromatic rings. The first kappa shape index (κ1) is 13.6. The smallest absolute Gasteiger partial charge is 0.134 e. The van der Waals surface area contributed by atoms with Gasteiger partial charge in [-0.1, -0.05) is 18.2 Å². The Hall–Kier alpha value is -2.10. The Labute approximate surface area is 131 Å². The third-order valence-electron chi connectivity index (χ3n) is 4.53. The van der Waals surface area contributed by atoms with Crippen LogP contribution in [0.5, 0.6) is 0 Å². The number of rotatable bonds is 3. The number of aromatic nitrogens is 2. The molecule has 4 rings (SSSR count). The molecule has 1 aromatic heterocycles. The molecule has 1 aliphatic heterocycles. The monoisotopic (exact) mass is 294 g/mol. The van der Waals surface area contributed by atoms with Gasteiger partial charge in [-0.05, 0) is 31.9 Å². The molecule has 0 radical (unpaired) electrons. The minimum atomic E-state index is 0.615. The number of para-hydroxylation sites is 1. The maximum atomic E-state index is 4.81. The molecule has 1 aliphatic carbocycles. The molecule has 0 atom stereocenters. The molecular formula is C18H22N4. The van der Waals surface area contributed by atoms with Gasteiger partial charge in [0.1, 0.15) is 11.6 Å². The van der Waals surface area contributed by atoms with Crippen molar-refractivity contribution in [1.82, 2.24) is 9.97 Å². The summed E-state index contributed by atoms with van der Waals surface area (Å²) < 4.78 is 0. The van der Waals surface area contributed by atoms with E-state index in [4.69, 9.17) is 4.98 Å². The number of hydrogen-bond acceptors (Lipinski definition) is 4. The third kappa shape index (κ3) is 2.78. The fourth-order valence-corrected chi connectivity index (χ4v) is 3.09. The Kier molecular flexibility index (Phi) is 3.45. The van der Waals surface area contributed by atoms with Crippen molar-refractivity contribution in [3.63, 3.8) is 0 Å². The molecular weight excluding hydrogens is 272 g/mol. The second-order valence-corrected chi connectivity index (χ2v) is 6.31. The van der Waals surface area contributed by atoms with E-state index in [0.717, 1.165) is 43.5 Å². The zero-order valence-electron chi connectivity index (χ0n) is 13.1. The maximum absolute atomic E-state index is 4.81. The summed E-state index contributed by atoms with van der Waals surface area (Å²) >= 11 is 0. The SMILES string of the molecule is Cc1cc(N2CCN(c3ccccc3)CC2)nc(C2CC2)n1. The van der Waals surface area contributed by atoms with Crippen LogP contribution in [-0.4, -0.2) is 36.1 Å². The molecule has 1 saturated heterocycles. The molecule has 1 aromatic carbocycles. The summed E-state index contributed by atoms with van der Waals surface area (Å²) in [6, 6.07) is 12.8. The van der Waals surface area contributed by atoms with E-state index >= 15 is 0 Å². The average Bonchev–Trinajstić information content (AvgIpc) is 3.40. The molecule has 2 heterocycles. The van der Waals surface area contributed by atoms with Gasteiger partial charge in [0.15, 0.2) is 0 Å². The van der Waals surface area contributed by atoms with Crippen molar-refractivity contribution in [2.24, 2.45) is 0 Å². The lowest BCUT2D eigenvalue weighted by atomic mass is 10.2. The van der Waals surface area contributed by atoms with Crippen molar-refractivity contribution >= 4 is 11.5 Å². The summed E-state index contributed by atoms with van der Waals surface area (Å²) in [5.41, 5.74) is 2.41. The standard InChI is InChI=1S/C18H22N4/c1-14-13-17(20-18(19-14)15-7-8-15)22-11-9-21(10-12-22)16-5-3-2-4-6-16/h2-6,13,15H,7-12H2,1H3. The summed E-state index contributed by atoms with van der Waals surface area (Å²) in [7, 11) is 0. The minimum Gasteiger partial charge on any atom is -0.368 e. The van der Waals surface area contributed by atoms with E-state index in [0.29, 0.717) is 5.92 Å². The van der Waals surface area contributed by atoms with Gasteiger partial charge >= 0.3 is 0 Å². The van der Waals surface area contributed by atoms with Crippen molar-refractivity contribution in [2.45, 2.75) is 25.7 Å². The van der Waals surface area contributed by atoms with Gasteiger partial charge in [0, 0.05) is 49.5 Å². The Morgan fingerprint density at radius 2 is 1.59 bits per heavy atom. The lowest BCUT2D eigenvalue weighted by Gasteiger charge is -2.36. The maximum Gasteiger partial charge on any atom is 0.134 e. The van der Waals surface area contributed by atoms with Crippen molar-refractivity contribution < 1.29 is 0 Å². The van der Waals surface area contributed by atoms with E-state index in [1.165, 1.54) is 18.5 Å². The highest BCUT2D eigenvalue weighted by Gasteiger charge is 2.28. The Bertz CT molecular complexity index is 643. The molecule has 0 N–H and O–H groups in total. The molecule has 4 nitrogen and oxygen atoms in total. The Morgan fingerprint density at radius 3 is 2.27 bits per heavy atom. The second-order valence-electron chi connectivity index (χ2n) is 6.31. The number of aryl methyl sites for hydroxylation is 1. The first-order valence-electron chi connectivity index (χ1n) is 8.20. The average molecular weight is 294 g/mol. The normalized spacial score (nSPS) is 18.6. The van der Waals surface area contributed by atoms with Crippen LogP contribution < -0.4 is 9.80 Å². The predicted octanol–water partition coefficient (Wildman–Crippen LogP) is 2.99. The van der Waals surface area contributed by atoms with Crippen LogP contribution >= 0.6 is 0 Å². The van der Waals surface area contributed by atoms with Crippen molar-refractivity contribution in [3.05, 3.63) is 47.9 Å². The molecule has 2 aliphatic rings. The quantitative estimate of drug-likeness (QED) is 0.871. The molecule has 114 valence electrons. The van der Waals surface area contributed by atoms with Crippen LogP contribution in [0.1, 0.15) is 30.3 Å². The first-order chi connectivity index (χ1) is 10.8. The fraction of sp³-hybridized carbons (Fsp3) is 0.444. The van der Waals surface area contributed by atoms with Crippen LogP contribution in [0, 0.1) is 6.92 Å². The van der Waals surface area contributed by atoms with E-state index in [-0.39, 0.29) is 0 Å². The van der Waals surface area contributed by atoms with Gasteiger partial charge in [0.05, 0.1) is 0 Å². The van der Waals surface area contributed by atoms with Gasteiger partial charge in [0.25, 0.3) is 0 Å². The molecule has 2 fully saturated rings. The van der Waals surface area contributed by atoms with Crippen molar-refractivity contribution in [2.75, 3.05) is 36.0 Å². The largest absolute Gasteiger partial charge is 0.368 e. The van der Waals surface area contributed by atoms with Crippen LogP contribution in [0.15, 0.2) is 36.4 Å². The lowest BCUT2D eigenvalue weighted by molar-refractivity contribution is 0.644. The number of benzene rings is 1. The van der Waals surface area contributed by atoms with Crippen LogP contribution in [0.4, 0.5) is 11.5 Å². The lowest BCUT2D eigenvalue weighted by Crippen LogP contribution is -2.47. The van der Waals surface area contributed by atoms with Gasteiger partial charge in [-0.15, -0.1) is 0 Å². The molecule has 0 amide bonds. The highest BCUT2D eigenvalue weighted by atomic mass is 15.3. The van der Waals surface area contributed by atoms with E-state index in [1.54, 1.807) is 0 Å². The van der Waals surface area contributed by atoms with Crippen LogP contribution in [0.3, 0.4) is 0 Å². The van der Waals surface area contributed by atoms with Crippen LogP contribution in [-0.2, 0) is 0 Å². The van der Waals surface area contributed by atoms with Crippen molar-refractivity contribution in [1.29, 1.82) is 0 Å².